The minimum Gasteiger partial charge on any atom is -0.315 e. The fraction of sp³-hybridized carbons (Fsp3) is 0.450. The molecule has 0 saturated carbocycles. The zero-order chi connectivity index (χ0) is 20.5. The number of halogens is 3. The summed E-state index contributed by atoms with van der Waals surface area (Å²) in [6.45, 7) is 1.13. The molecule has 2 fully saturated rings. The van der Waals surface area contributed by atoms with Gasteiger partial charge in [-0.1, -0.05) is 6.08 Å². The normalized spacial score (nSPS) is 26.3. The summed E-state index contributed by atoms with van der Waals surface area (Å²) in [6, 6.07) is 2.28. The summed E-state index contributed by atoms with van der Waals surface area (Å²) in [5, 5.41) is 14.3. The van der Waals surface area contributed by atoms with E-state index in [1.807, 2.05) is 12.3 Å². The lowest BCUT2D eigenvalue weighted by molar-refractivity contribution is 0.0602. The lowest BCUT2D eigenvalue weighted by Crippen LogP contribution is -2.50. The molecule has 2 amide bonds. The Bertz CT molecular complexity index is 884. The van der Waals surface area contributed by atoms with Crippen molar-refractivity contribution in [2.75, 3.05) is 19.6 Å². The minimum atomic E-state index is -1.33. The summed E-state index contributed by atoms with van der Waals surface area (Å²) in [5.41, 5.74) is 1.28. The van der Waals surface area contributed by atoms with Crippen molar-refractivity contribution in [2.24, 2.45) is 11.0 Å². The predicted octanol–water partition coefficient (Wildman–Crippen LogP) is 3.55. The van der Waals surface area contributed by atoms with Crippen molar-refractivity contribution in [3.05, 3.63) is 47.0 Å². The van der Waals surface area contributed by atoms with Crippen LogP contribution in [0.1, 0.15) is 30.9 Å². The molecule has 0 aliphatic carbocycles. The summed E-state index contributed by atoms with van der Waals surface area (Å²) in [4.78, 5) is 15.5. The van der Waals surface area contributed by atoms with Gasteiger partial charge in [0.15, 0.2) is 12.5 Å². The number of piperidine rings is 1. The third kappa shape index (κ3) is 3.79. The van der Waals surface area contributed by atoms with Gasteiger partial charge in [0.05, 0.1) is 6.04 Å². The number of carbonyl (C=O) groups is 1. The van der Waals surface area contributed by atoms with Gasteiger partial charge in [-0.05, 0) is 36.1 Å². The quantitative estimate of drug-likeness (QED) is 0.431. The number of rotatable bonds is 2. The monoisotopic (exact) mass is 403 g/mol. The van der Waals surface area contributed by atoms with Crippen LogP contribution in [0.25, 0.3) is 0 Å². The molecular weight excluding hydrogens is 383 g/mol. The van der Waals surface area contributed by atoms with Crippen LogP contribution in [-0.4, -0.2) is 53.0 Å². The number of nitriles is 1. The second-order valence-electron chi connectivity index (χ2n) is 7.53. The van der Waals surface area contributed by atoms with Crippen LogP contribution >= 0.6 is 0 Å². The number of alkyl halides is 1. The average Bonchev–Trinajstić information content (AvgIpc) is 3.14. The first-order valence-electron chi connectivity index (χ1n) is 9.53. The number of carbonyl (C=O) groups excluding carboxylic acids is 1. The maximum Gasteiger partial charge on any atom is 0.341 e. The van der Waals surface area contributed by atoms with Crippen LogP contribution in [0.5, 0.6) is 0 Å². The molecule has 0 aromatic heterocycles. The SMILES string of the molecule is N#CN1CCCC(C=C2CN(C(=O)N3N=CCC3c3cc(F)cc(F)c3)C2)C1F. The molecule has 152 valence electrons. The average molecular weight is 403 g/mol. The van der Waals surface area contributed by atoms with E-state index < -0.39 is 24.0 Å². The van der Waals surface area contributed by atoms with Crippen molar-refractivity contribution in [3.63, 3.8) is 0 Å². The zero-order valence-electron chi connectivity index (χ0n) is 15.6. The van der Waals surface area contributed by atoms with Gasteiger partial charge >= 0.3 is 6.03 Å². The Kier molecular flexibility index (Phi) is 5.18. The zero-order valence-corrected chi connectivity index (χ0v) is 15.6. The molecule has 3 aliphatic heterocycles. The third-order valence-electron chi connectivity index (χ3n) is 5.52. The van der Waals surface area contributed by atoms with E-state index in [2.05, 4.69) is 5.10 Å². The number of amides is 2. The molecule has 29 heavy (non-hydrogen) atoms. The molecule has 3 unspecified atom stereocenters. The molecule has 0 N–H and O–H groups in total. The molecule has 0 radical (unpaired) electrons. The molecule has 1 aromatic rings. The van der Waals surface area contributed by atoms with E-state index in [1.165, 1.54) is 17.1 Å². The van der Waals surface area contributed by atoms with Crippen molar-refractivity contribution in [3.8, 4) is 6.19 Å². The molecule has 1 aromatic carbocycles. The number of nitrogens with zero attached hydrogens (tertiary/aromatic N) is 5. The van der Waals surface area contributed by atoms with Gasteiger partial charge in [-0.3, -0.25) is 4.90 Å². The maximum absolute atomic E-state index is 14.3. The van der Waals surface area contributed by atoms with Crippen molar-refractivity contribution in [2.45, 2.75) is 31.6 Å². The molecule has 0 bridgehead atoms. The first-order valence-corrected chi connectivity index (χ1v) is 9.53. The Balaban J connectivity index is 1.40. The molecule has 6 nitrogen and oxygen atoms in total. The summed E-state index contributed by atoms with van der Waals surface area (Å²) in [5.74, 6) is -1.76. The van der Waals surface area contributed by atoms with Crippen LogP contribution in [0.4, 0.5) is 18.0 Å². The summed E-state index contributed by atoms with van der Waals surface area (Å²) >= 11 is 0. The van der Waals surface area contributed by atoms with Crippen LogP contribution in [0.3, 0.4) is 0 Å². The largest absolute Gasteiger partial charge is 0.341 e. The van der Waals surface area contributed by atoms with E-state index in [1.54, 1.807) is 11.1 Å². The maximum atomic E-state index is 14.3. The van der Waals surface area contributed by atoms with Gasteiger partial charge in [0.1, 0.15) is 11.6 Å². The fourth-order valence-corrected chi connectivity index (χ4v) is 4.03. The van der Waals surface area contributed by atoms with E-state index in [0.29, 0.717) is 38.0 Å². The molecule has 3 heterocycles. The van der Waals surface area contributed by atoms with Crippen molar-refractivity contribution in [1.82, 2.24) is 14.8 Å². The molecule has 2 saturated heterocycles. The van der Waals surface area contributed by atoms with Crippen LogP contribution in [0.2, 0.25) is 0 Å². The highest BCUT2D eigenvalue weighted by molar-refractivity contribution is 5.80. The number of benzene rings is 1. The van der Waals surface area contributed by atoms with Crippen LogP contribution < -0.4 is 0 Å². The lowest BCUT2D eigenvalue weighted by atomic mass is 9.92. The number of likely N-dealkylation sites (tertiary alicyclic amines) is 2. The number of urea groups is 1. The fourth-order valence-electron chi connectivity index (χ4n) is 4.03. The molecule has 9 heteroatoms. The second-order valence-corrected chi connectivity index (χ2v) is 7.53. The molecule has 3 atom stereocenters. The van der Waals surface area contributed by atoms with Gasteiger partial charge in [0.25, 0.3) is 0 Å². The first-order chi connectivity index (χ1) is 14.0. The van der Waals surface area contributed by atoms with Crippen molar-refractivity contribution in [1.29, 1.82) is 5.26 Å². The first kappa shape index (κ1) is 19.3. The van der Waals surface area contributed by atoms with Crippen LogP contribution in [0.15, 0.2) is 34.9 Å². The van der Waals surface area contributed by atoms with Crippen LogP contribution in [0, 0.1) is 29.0 Å². The van der Waals surface area contributed by atoms with Crippen molar-refractivity contribution >= 4 is 12.2 Å². The smallest absolute Gasteiger partial charge is 0.315 e. The van der Waals surface area contributed by atoms with Gasteiger partial charge in [0, 0.05) is 44.3 Å². The highest BCUT2D eigenvalue weighted by atomic mass is 19.1. The number of hydrogen-bond donors (Lipinski definition) is 0. The molecule has 0 spiro atoms. The Labute approximate surface area is 166 Å². The van der Waals surface area contributed by atoms with Gasteiger partial charge in [-0.15, -0.1) is 0 Å². The van der Waals surface area contributed by atoms with E-state index in [-0.39, 0.29) is 11.9 Å². The highest BCUT2D eigenvalue weighted by Gasteiger charge is 2.37. The standard InChI is InChI=1S/C20H20F3N5O/c21-16-7-15(8-17(22)9-16)18-3-4-25-28(18)20(29)27-10-13(11-27)6-14-2-1-5-26(12-24)19(14)23/h4,6-9,14,18-19H,1-3,5,10-11H2. The summed E-state index contributed by atoms with van der Waals surface area (Å²) < 4.78 is 41.4. The van der Waals surface area contributed by atoms with E-state index in [0.717, 1.165) is 23.0 Å². The Morgan fingerprint density at radius 3 is 2.66 bits per heavy atom. The topological polar surface area (TPSA) is 62.9 Å². The van der Waals surface area contributed by atoms with E-state index in [9.17, 15) is 18.0 Å². The molecular formula is C20H20F3N5O. The van der Waals surface area contributed by atoms with Gasteiger partial charge in [-0.2, -0.15) is 10.4 Å². The Morgan fingerprint density at radius 1 is 1.24 bits per heavy atom. The summed E-state index contributed by atoms with van der Waals surface area (Å²) in [7, 11) is 0. The number of hydrogen-bond acceptors (Lipinski definition) is 4. The highest BCUT2D eigenvalue weighted by Crippen LogP contribution is 2.33. The second kappa shape index (κ2) is 7.78. The van der Waals surface area contributed by atoms with Gasteiger partial charge < -0.3 is 4.90 Å². The summed E-state index contributed by atoms with van der Waals surface area (Å²) in [6.07, 6.45) is 5.71. The Hall–Kier alpha value is -3.02. The predicted molar refractivity (Wildman–Crippen MR) is 99.0 cm³/mol. The van der Waals surface area contributed by atoms with Gasteiger partial charge in [-0.25, -0.2) is 23.0 Å². The van der Waals surface area contributed by atoms with E-state index >= 15 is 0 Å². The Morgan fingerprint density at radius 2 is 1.97 bits per heavy atom. The van der Waals surface area contributed by atoms with Crippen molar-refractivity contribution < 1.29 is 18.0 Å². The molecule has 3 aliphatic rings. The minimum absolute atomic E-state index is 0.351. The van der Waals surface area contributed by atoms with Gasteiger partial charge in [0.2, 0.25) is 0 Å². The van der Waals surface area contributed by atoms with E-state index in [4.69, 9.17) is 5.26 Å². The third-order valence-corrected chi connectivity index (χ3v) is 5.52. The number of hydrazone groups is 1. The molecule has 4 rings (SSSR count). The van der Waals surface area contributed by atoms with Crippen LogP contribution in [-0.2, 0) is 0 Å². The lowest BCUT2D eigenvalue weighted by Gasteiger charge is -2.39.